The molecule has 0 bridgehead atoms. The van der Waals surface area contributed by atoms with Crippen molar-refractivity contribution in [3.8, 4) is 5.75 Å². The molecule has 0 atom stereocenters. The number of ether oxygens (including phenoxy) is 1. The Bertz CT molecular complexity index is 670. The molecule has 0 saturated carbocycles. The van der Waals surface area contributed by atoms with Gasteiger partial charge >= 0.3 is 0 Å². The van der Waals surface area contributed by atoms with Crippen LogP contribution in [-0.2, 0) is 6.42 Å². The van der Waals surface area contributed by atoms with E-state index in [9.17, 15) is 4.39 Å². The van der Waals surface area contributed by atoms with Crippen LogP contribution in [0.5, 0.6) is 5.75 Å². The first-order valence-corrected chi connectivity index (χ1v) is 5.87. The summed E-state index contributed by atoms with van der Waals surface area (Å²) in [5.41, 5.74) is 9.40. The summed E-state index contributed by atoms with van der Waals surface area (Å²) in [6.07, 6.45) is 0.465. The van der Waals surface area contributed by atoms with Gasteiger partial charge in [0.25, 0.3) is 0 Å². The van der Waals surface area contributed by atoms with Crippen molar-refractivity contribution >= 4 is 22.5 Å². The second-order valence-corrected chi connectivity index (χ2v) is 4.18. The predicted molar refractivity (Wildman–Crippen MR) is 71.0 cm³/mol. The molecule has 98 valence electrons. The number of pyridine rings is 1. The van der Waals surface area contributed by atoms with Gasteiger partial charge in [0.05, 0.1) is 12.6 Å². The molecular weight excluding hydrogens is 271 g/mol. The van der Waals surface area contributed by atoms with Crippen LogP contribution in [0, 0.1) is 5.82 Å². The van der Waals surface area contributed by atoms with E-state index < -0.39 is 5.82 Å². The summed E-state index contributed by atoms with van der Waals surface area (Å²) < 4.78 is 18.5. The van der Waals surface area contributed by atoms with E-state index in [0.717, 1.165) is 5.56 Å². The molecule has 0 radical (unpaired) electrons. The fourth-order valence-electron chi connectivity index (χ4n) is 1.79. The number of fused-ring (bicyclic) bond motifs is 1. The summed E-state index contributed by atoms with van der Waals surface area (Å²) >= 11 is 6.02. The Morgan fingerprint density at radius 2 is 2.26 bits per heavy atom. The number of halogens is 2. The number of aromatic nitrogens is 1. The van der Waals surface area contributed by atoms with Gasteiger partial charge in [-0.25, -0.2) is 9.37 Å². The summed E-state index contributed by atoms with van der Waals surface area (Å²) in [5.74, 6) is -0.0426. The summed E-state index contributed by atoms with van der Waals surface area (Å²) in [6.45, 7) is 0.285. The maximum Gasteiger partial charge on any atom is 0.132 e. The summed E-state index contributed by atoms with van der Waals surface area (Å²) in [7, 11) is 1.46. The molecule has 0 N–H and O–H groups in total. The van der Waals surface area contributed by atoms with Crippen LogP contribution in [0.2, 0.25) is 5.15 Å². The van der Waals surface area contributed by atoms with E-state index in [-0.39, 0.29) is 11.7 Å². The number of azide groups is 1. The van der Waals surface area contributed by atoms with Crippen molar-refractivity contribution < 1.29 is 9.13 Å². The Balaban J connectivity index is 2.53. The highest BCUT2D eigenvalue weighted by atomic mass is 35.5. The Labute approximate surface area is 113 Å². The van der Waals surface area contributed by atoms with E-state index >= 15 is 0 Å². The number of rotatable bonds is 4. The molecule has 0 aliphatic rings. The maximum absolute atomic E-state index is 13.3. The van der Waals surface area contributed by atoms with Gasteiger partial charge in [-0.2, -0.15) is 0 Å². The minimum atomic E-state index is -0.435. The second kappa shape index (κ2) is 5.73. The van der Waals surface area contributed by atoms with Gasteiger partial charge in [-0.15, -0.1) is 0 Å². The first-order valence-electron chi connectivity index (χ1n) is 5.49. The van der Waals surface area contributed by atoms with Crippen molar-refractivity contribution in [2.75, 3.05) is 13.7 Å². The van der Waals surface area contributed by atoms with Gasteiger partial charge in [-0.3, -0.25) is 0 Å². The molecule has 0 fully saturated rings. The highest BCUT2D eigenvalue weighted by Gasteiger charge is 2.10. The molecule has 0 saturated heterocycles. The lowest BCUT2D eigenvalue weighted by molar-refractivity contribution is 0.416. The van der Waals surface area contributed by atoms with Crippen LogP contribution < -0.4 is 4.74 Å². The van der Waals surface area contributed by atoms with Gasteiger partial charge in [0.15, 0.2) is 0 Å². The molecule has 0 spiro atoms. The topological polar surface area (TPSA) is 70.9 Å². The van der Waals surface area contributed by atoms with Gasteiger partial charge in [-0.05, 0) is 23.6 Å². The third kappa shape index (κ3) is 2.86. The number of benzene rings is 1. The normalized spacial score (nSPS) is 10.3. The Morgan fingerprint density at radius 1 is 1.47 bits per heavy atom. The van der Waals surface area contributed by atoms with Crippen molar-refractivity contribution in [2.24, 2.45) is 5.11 Å². The van der Waals surface area contributed by atoms with Crippen molar-refractivity contribution in [3.63, 3.8) is 0 Å². The maximum atomic E-state index is 13.3. The minimum absolute atomic E-state index is 0.272. The molecule has 0 aliphatic heterocycles. The zero-order chi connectivity index (χ0) is 13.8. The van der Waals surface area contributed by atoms with Crippen LogP contribution in [0.25, 0.3) is 21.3 Å². The molecule has 5 nitrogen and oxygen atoms in total. The van der Waals surface area contributed by atoms with E-state index in [1.807, 2.05) is 0 Å². The molecule has 2 rings (SSSR count). The van der Waals surface area contributed by atoms with Crippen LogP contribution in [0.3, 0.4) is 0 Å². The van der Waals surface area contributed by atoms with E-state index in [2.05, 4.69) is 15.0 Å². The molecule has 2 aromatic rings. The first kappa shape index (κ1) is 13.4. The van der Waals surface area contributed by atoms with E-state index in [1.165, 1.54) is 19.2 Å². The number of nitrogens with zero attached hydrogens (tertiary/aromatic N) is 4. The Hall–Kier alpha value is -2.04. The highest BCUT2D eigenvalue weighted by molar-refractivity contribution is 6.30. The number of hydrogen-bond donors (Lipinski definition) is 0. The quantitative estimate of drug-likeness (QED) is 0.369. The minimum Gasteiger partial charge on any atom is -0.496 e. The molecule has 1 aromatic heterocycles. The molecular formula is C12H10ClFN4O. The van der Waals surface area contributed by atoms with E-state index in [1.54, 1.807) is 6.07 Å². The summed E-state index contributed by atoms with van der Waals surface area (Å²) in [5, 5.41) is 4.39. The van der Waals surface area contributed by atoms with Crippen molar-refractivity contribution in [1.29, 1.82) is 0 Å². The number of methoxy groups -OCH3 is 1. The molecule has 7 heteroatoms. The molecule has 0 unspecified atom stereocenters. The van der Waals surface area contributed by atoms with Crippen LogP contribution in [0.15, 0.2) is 23.3 Å². The smallest absolute Gasteiger partial charge is 0.132 e. The molecule has 1 aromatic carbocycles. The Kier molecular flexibility index (Phi) is 4.04. The average molecular weight is 281 g/mol. The van der Waals surface area contributed by atoms with Crippen LogP contribution in [0.1, 0.15) is 5.56 Å². The number of hydrogen-bond acceptors (Lipinski definition) is 3. The van der Waals surface area contributed by atoms with Gasteiger partial charge in [0.1, 0.15) is 16.7 Å². The fourth-order valence-corrected chi connectivity index (χ4v) is 2.03. The monoisotopic (exact) mass is 280 g/mol. The second-order valence-electron chi connectivity index (χ2n) is 3.82. The Morgan fingerprint density at radius 3 is 2.95 bits per heavy atom. The van der Waals surface area contributed by atoms with E-state index in [4.69, 9.17) is 21.9 Å². The predicted octanol–water partition coefficient (Wildman–Crippen LogP) is 3.89. The lowest BCUT2D eigenvalue weighted by atomic mass is 10.1. The lowest BCUT2D eigenvalue weighted by Gasteiger charge is -2.08. The highest BCUT2D eigenvalue weighted by Crippen LogP contribution is 2.29. The van der Waals surface area contributed by atoms with Crippen LogP contribution in [0.4, 0.5) is 4.39 Å². The van der Waals surface area contributed by atoms with Crippen LogP contribution in [-0.4, -0.2) is 18.6 Å². The van der Waals surface area contributed by atoms with Crippen molar-refractivity contribution in [3.05, 3.63) is 45.2 Å². The van der Waals surface area contributed by atoms with Crippen molar-refractivity contribution in [2.45, 2.75) is 6.42 Å². The first-order chi connectivity index (χ1) is 9.15. The standard InChI is InChI=1S/C12H10ClFN4O/c1-19-11-6-8(14)5-10-9(11)4-7(12(13)17-10)2-3-16-18-15/h4-6H,2-3H2,1H3. The third-order valence-electron chi connectivity index (χ3n) is 2.65. The average Bonchev–Trinajstić information content (AvgIpc) is 2.39. The van der Waals surface area contributed by atoms with E-state index in [0.29, 0.717) is 23.1 Å². The largest absolute Gasteiger partial charge is 0.496 e. The van der Waals surface area contributed by atoms with Crippen molar-refractivity contribution in [1.82, 2.24) is 4.98 Å². The summed E-state index contributed by atoms with van der Waals surface area (Å²) in [4.78, 5) is 6.81. The van der Waals surface area contributed by atoms with Gasteiger partial charge in [0, 0.05) is 29.0 Å². The molecule has 19 heavy (non-hydrogen) atoms. The lowest BCUT2D eigenvalue weighted by Crippen LogP contribution is -1.96. The zero-order valence-corrected chi connectivity index (χ0v) is 10.9. The summed E-state index contributed by atoms with van der Waals surface area (Å²) in [6, 6.07) is 4.35. The van der Waals surface area contributed by atoms with Crippen LogP contribution >= 0.6 is 11.6 Å². The SMILES string of the molecule is COc1cc(F)cc2nc(Cl)c(CCN=[N+]=[N-])cc12. The van der Waals surface area contributed by atoms with Gasteiger partial charge in [0.2, 0.25) is 0 Å². The third-order valence-corrected chi connectivity index (χ3v) is 2.98. The molecule has 0 amide bonds. The molecule has 1 heterocycles. The zero-order valence-electron chi connectivity index (χ0n) is 10.1. The van der Waals surface area contributed by atoms with Gasteiger partial charge in [-0.1, -0.05) is 16.7 Å². The molecule has 0 aliphatic carbocycles. The fraction of sp³-hybridized carbons (Fsp3) is 0.250. The van der Waals surface area contributed by atoms with Gasteiger partial charge < -0.3 is 4.74 Å².